The Bertz CT molecular complexity index is 803. The molecular formula is C23H28N2O2. The molecule has 0 bridgehead atoms. The molecule has 0 radical (unpaired) electrons. The first-order valence-electron chi connectivity index (χ1n) is 9.80. The van der Waals surface area contributed by atoms with Crippen molar-refractivity contribution in [2.45, 2.75) is 58.5 Å². The molecule has 4 nitrogen and oxygen atoms in total. The normalized spacial score (nSPS) is 18.7. The first kappa shape index (κ1) is 19.2. The van der Waals surface area contributed by atoms with Crippen molar-refractivity contribution < 1.29 is 9.59 Å². The fourth-order valence-corrected chi connectivity index (χ4v) is 4.04. The average molecular weight is 364 g/mol. The van der Waals surface area contributed by atoms with Crippen LogP contribution in [0.2, 0.25) is 0 Å². The van der Waals surface area contributed by atoms with Crippen molar-refractivity contribution in [3.8, 4) is 0 Å². The molecule has 0 fully saturated rings. The van der Waals surface area contributed by atoms with Gasteiger partial charge in [-0.2, -0.15) is 0 Å². The second-order valence-corrected chi connectivity index (χ2v) is 7.25. The van der Waals surface area contributed by atoms with E-state index in [4.69, 9.17) is 0 Å². The Morgan fingerprint density at radius 2 is 1.74 bits per heavy atom. The molecule has 2 atom stereocenters. The molecule has 0 aromatic heterocycles. The van der Waals surface area contributed by atoms with E-state index in [2.05, 4.69) is 13.8 Å². The van der Waals surface area contributed by atoms with Gasteiger partial charge < -0.3 is 9.80 Å². The summed E-state index contributed by atoms with van der Waals surface area (Å²) < 4.78 is 0. The molecule has 0 saturated carbocycles. The van der Waals surface area contributed by atoms with Gasteiger partial charge in [-0.15, -0.1) is 0 Å². The fourth-order valence-electron chi connectivity index (χ4n) is 4.04. The molecular weight excluding hydrogens is 336 g/mol. The van der Waals surface area contributed by atoms with Gasteiger partial charge in [0.25, 0.3) is 0 Å². The van der Waals surface area contributed by atoms with Crippen LogP contribution in [0.1, 0.15) is 58.1 Å². The highest BCUT2D eigenvalue weighted by Gasteiger charge is 2.37. The maximum absolute atomic E-state index is 13.2. The Morgan fingerprint density at radius 1 is 1.07 bits per heavy atom. The van der Waals surface area contributed by atoms with Crippen molar-refractivity contribution in [3.05, 3.63) is 60.2 Å². The van der Waals surface area contributed by atoms with E-state index in [1.165, 1.54) is 0 Å². The lowest BCUT2D eigenvalue weighted by molar-refractivity contribution is -0.119. The highest BCUT2D eigenvalue weighted by molar-refractivity contribution is 5.97. The van der Waals surface area contributed by atoms with Crippen molar-refractivity contribution in [1.82, 2.24) is 0 Å². The molecule has 4 heteroatoms. The number of carbonyl (C=O) groups is 2. The lowest BCUT2D eigenvalue weighted by atomic mass is 9.89. The third-order valence-corrected chi connectivity index (χ3v) is 5.26. The first-order valence-corrected chi connectivity index (χ1v) is 9.80. The Morgan fingerprint density at radius 3 is 2.41 bits per heavy atom. The van der Waals surface area contributed by atoms with Crippen LogP contribution in [0.5, 0.6) is 0 Å². The summed E-state index contributed by atoms with van der Waals surface area (Å²) in [6, 6.07) is 17.8. The number of nitrogens with zero attached hydrogens (tertiary/aromatic N) is 2. The quantitative estimate of drug-likeness (QED) is 0.741. The summed E-state index contributed by atoms with van der Waals surface area (Å²) in [7, 11) is 0. The van der Waals surface area contributed by atoms with E-state index in [1.807, 2.05) is 64.4 Å². The maximum Gasteiger partial charge on any atom is 0.227 e. The van der Waals surface area contributed by atoms with E-state index in [0.717, 1.165) is 36.2 Å². The summed E-state index contributed by atoms with van der Waals surface area (Å²) in [6.07, 6.45) is 3.13. The minimum atomic E-state index is -0.0708. The van der Waals surface area contributed by atoms with E-state index in [-0.39, 0.29) is 23.9 Å². The third-order valence-electron chi connectivity index (χ3n) is 5.26. The van der Waals surface area contributed by atoms with Gasteiger partial charge in [0.05, 0.1) is 6.04 Å². The predicted molar refractivity (Wildman–Crippen MR) is 110 cm³/mol. The molecule has 2 aromatic rings. The van der Waals surface area contributed by atoms with Gasteiger partial charge in [-0.3, -0.25) is 9.59 Å². The zero-order valence-electron chi connectivity index (χ0n) is 16.4. The number of unbranched alkanes of at least 4 members (excludes halogenated alkanes) is 1. The smallest absolute Gasteiger partial charge is 0.227 e. The molecule has 0 unspecified atom stereocenters. The van der Waals surface area contributed by atoms with E-state index in [1.54, 1.807) is 6.92 Å². The van der Waals surface area contributed by atoms with Gasteiger partial charge in [0.2, 0.25) is 11.8 Å². The molecule has 1 aliphatic heterocycles. The standard InChI is InChI=1S/C23H28N2O2/c1-4-5-15-23(27)25(19-11-7-6-8-12-19)22-16-17(2)24(18(3)26)21-14-10-9-13-20(21)22/h6-14,17,22H,4-5,15-16H2,1-3H3/t17-,22+/m1/s1. The molecule has 142 valence electrons. The number of anilines is 2. The van der Waals surface area contributed by atoms with Crippen LogP contribution in [-0.4, -0.2) is 17.9 Å². The molecule has 0 saturated heterocycles. The van der Waals surface area contributed by atoms with Crippen LogP contribution in [-0.2, 0) is 9.59 Å². The highest BCUT2D eigenvalue weighted by Crippen LogP contribution is 2.42. The van der Waals surface area contributed by atoms with E-state index in [9.17, 15) is 9.59 Å². The molecule has 27 heavy (non-hydrogen) atoms. The monoisotopic (exact) mass is 364 g/mol. The second kappa shape index (κ2) is 8.38. The number of rotatable bonds is 5. The maximum atomic E-state index is 13.2. The number of hydrogen-bond acceptors (Lipinski definition) is 2. The third kappa shape index (κ3) is 3.90. The molecule has 1 aliphatic rings. The minimum absolute atomic E-state index is 0.0348. The van der Waals surface area contributed by atoms with Crippen LogP contribution >= 0.6 is 0 Å². The average Bonchev–Trinajstić information content (AvgIpc) is 2.67. The SMILES string of the molecule is CCCCC(=O)N(c1ccccc1)[C@H]1C[C@@H](C)N(C(C)=O)c2ccccc21. The summed E-state index contributed by atoms with van der Waals surface area (Å²) in [4.78, 5) is 29.2. The molecule has 2 aromatic carbocycles. The van der Waals surface area contributed by atoms with Crippen LogP contribution < -0.4 is 9.80 Å². The lowest BCUT2D eigenvalue weighted by Gasteiger charge is -2.43. The van der Waals surface area contributed by atoms with Crippen LogP contribution in [0.4, 0.5) is 11.4 Å². The van der Waals surface area contributed by atoms with Crippen molar-refractivity contribution in [2.75, 3.05) is 9.80 Å². The van der Waals surface area contributed by atoms with Crippen molar-refractivity contribution in [3.63, 3.8) is 0 Å². The lowest BCUT2D eigenvalue weighted by Crippen LogP contribution is -2.47. The predicted octanol–water partition coefficient (Wildman–Crippen LogP) is 5.10. The van der Waals surface area contributed by atoms with Crippen molar-refractivity contribution in [2.24, 2.45) is 0 Å². The Hall–Kier alpha value is -2.62. The van der Waals surface area contributed by atoms with Crippen molar-refractivity contribution in [1.29, 1.82) is 0 Å². The summed E-state index contributed by atoms with van der Waals surface area (Å²) >= 11 is 0. The van der Waals surface area contributed by atoms with Crippen LogP contribution in [0, 0.1) is 0 Å². The summed E-state index contributed by atoms with van der Waals surface area (Å²) in [5.74, 6) is 0.184. The Balaban J connectivity index is 2.07. The Kier molecular flexibility index (Phi) is 5.94. The summed E-state index contributed by atoms with van der Waals surface area (Å²) in [6.45, 7) is 5.77. The van der Waals surface area contributed by atoms with Gasteiger partial charge in [-0.25, -0.2) is 0 Å². The number of para-hydroxylation sites is 2. The number of hydrogen-bond donors (Lipinski definition) is 0. The van der Waals surface area contributed by atoms with Gasteiger partial charge in [0, 0.05) is 30.8 Å². The van der Waals surface area contributed by atoms with Gasteiger partial charge >= 0.3 is 0 Å². The van der Waals surface area contributed by atoms with Crippen molar-refractivity contribution >= 4 is 23.2 Å². The number of benzene rings is 2. The molecule has 1 heterocycles. The first-order chi connectivity index (χ1) is 13.0. The number of amides is 2. The summed E-state index contributed by atoms with van der Waals surface area (Å²) in [5.41, 5.74) is 2.87. The van der Waals surface area contributed by atoms with E-state index < -0.39 is 0 Å². The summed E-state index contributed by atoms with van der Waals surface area (Å²) in [5, 5.41) is 0. The van der Waals surface area contributed by atoms with Gasteiger partial charge in [-0.1, -0.05) is 49.7 Å². The van der Waals surface area contributed by atoms with Gasteiger partial charge in [-0.05, 0) is 43.5 Å². The van der Waals surface area contributed by atoms with Crippen LogP contribution in [0.25, 0.3) is 0 Å². The van der Waals surface area contributed by atoms with E-state index >= 15 is 0 Å². The largest absolute Gasteiger partial charge is 0.309 e. The van der Waals surface area contributed by atoms with Gasteiger partial charge in [0.15, 0.2) is 0 Å². The van der Waals surface area contributed by atoms with E-state index in [0.29, 0.717) is 6.42 Å². The second-order valence-electron chi connectivity index (χ2n) is 7.25. The minimum Gasteiger partial charge on any atom is -0.309 e. The molecule has 2 amide bonds. The highest BCUT2D eigenvalue weighted by atomic mass is 16.2. The Labute approximate surface area is 161 Å². The van der Waals surface area contributed by atoms with Crippen LogP contribution in [0.3, 0.4) is 0 Å². The fraction of sp³-hybridized carbons (Fsp3) is 0.391. The zero-order valence-corrected chi connectivity index (χ0v) is 16.4. The molecule has 0 spiro atoms. The number of fused-ring (bicyclic) bond motifs is 1. The zero-order chi connectivity index (χ0) is 19.4. The molecule has 0 N–H and O–H groups in total. The van der Waals surface area contributed by atoms with Gasteiger partial charge in [0.1, 0.15) is 0 Å². The molecule has 0 aliphatic carbocycles. The molecule has 3 rings (SSSR count). The topological polar surface area (TPSA) is 40.6 Å². The van der Waals surface area contributed by atoms with Crippen LogP contribution in [0.15, 0.2) is 54.6 Å². The number of carbonyl (C=O) groups excluding carboxylic acids is 2.